The molecule has 0 atom stereocenters. The van der Waals surface area contributed by atoms with Gasteiger partial charge >= 0.3 is 0 Å². The van der Waals surface area contributed by atoms with E-state index in [0.717, 1.165) is 16.4 Å². The van der Waals surface area contributed by atoms with Crippen molar-refractivity contribution in [3.05, 3.63) is 28.0 Å². The van der Waals surface area contributed by atoms with E-state index < -0.39 is 27.6 Å². The van der Waals surface area contributed by atoms with E-state index in [9.17, 15) is 23.1 Å². The number of aromatic amines is 1. The first kappa shape index (κ1) is 14.5. The number of pyridine rings is 1. The minimum Gasteiger partial charge on any atom is -0.494 e. The Kier molecular flexibility index (Phi) is 3.79. The Morgan fingerprint density at radius 3 is 2.35 bits per heavy atom. The van der Waals surface area contributed by atoms with Gasteiger partial charge in [-0.25, -0.2) is 5.14 Å². The number of nitrogens with zero attached hydrogens (tertiary/aromatic N) is 2. The van der Waals surface area contributed by atoms with Gasteiger partial charge in [-0.15, -0.1) is 0 Å². The molecule has 10 heteroatoms. The molecule has 4 N–H and O–H groups in total. The van der Waals surface area contributed by atoms with Crippen molar-refractivity contribution in [3.63, 3.8) is 0 Å². The van der Waals surface area contributed by atoms with Gasteiger partial charge in [0.2, 0.25) is 0 Å². The molecule has 9 nitrogen and oxygen atoms in total. The lowest BCUT2D eigenvalue weighted by Crippen LogP contribution is -2.52. The number of amides is 1. The van der Waals surface area contributed by atoms with Gasteiger partial charge in [-0.2, -0.15) is 12.7 Å². The van der Waals surface area contributed by atoms with E-state index in [1.807, 2.05) is 0 Å². The predicted molar refractivity (Wildman–Crippen MR) is 69.3 cm³/mol. The summed E-state index contributed by atoms with van der Waals surface area (Å²) in [6.07, 6.45) is 0. The SMILES string of the molecule is NS(=O)(=O)N1CCN(C(=O)c2cc(O)[nH]c(=O)c2)CC1. The predicted octanol–water partition coefficient (Wildman–Crippen LogP) is -1.96. The van der Waals surface area contributed by atoms with E-state index in [-0.39, 0.29) is 31.7 Å². The van der Waals surface area contributed by atoms with Gasteiger partial charge in [-0.1, -0.05) is 0 Å². The number of carbonyl (C=O) groups is 1. The second-order valence-electron chi connectivity index (χ2n) is 4.35. The molecule has 0 aromatic carbocycles. The van der Waals surface area contributed by atoms with Crippen LogP contribution < -0.4 is 10.7 Å². The number of piperazine rings is 1. The Balaban J connectivity index is 2.11. The molecule has 2 heterocycles. The summed E-state index contributed by atoms with van der Waals surface area (Å²) in [4.78, 5) is 26.8. The lowest BCUT2D eigenvalue weighted by atomic mass is 10.2. The monoisotopic (exact) mass is 302 g/mol. The number of rotatable bonds is 2. The molecule has 1 aliphatic rings. The standard InChI is InChI=1S/C10H14N4O5S/c11-20(18,19)14-3-1-13(2-4-14)10(17)7-5-8(15)12-9(16)6-7/h5-6H,1-4H2,(H2,11,18,19)(H2,12,15,16). The summed E-state index contributed by atoms with van der Waals surface area (Å²) in [7, 11) is -3.75. The zero-order valence-electron chi connectivity index (χ0n) is 10.4. The molecule has 110 valence electrons. The summed E-state index contributed by atoms with van der Waals surface area (Å²) >= 11 is 0. The van der Waals surface area contributed by atoms with Crippen LogP contribution in [0.15, 0.2) is 16.9 Å². The maximum absolute atomic E-state index is 12.1. The Hall–Kier alpha value is -1.91. The molecule has 1 fully saturated rings. The van der Waals surface area contributed by atoms with E-state index in [1.165, 1.54) is 4.90 Å². The lowest BCUT2D eigenvalue weighted by Gasteiger charge is -2.32. The summed E-state index contributed by atoms with van der Waals surface area (Å²) in [5.74, 6) is -0.843. The fourth-order valence-corrected chi connectivity index (χ4v) is 2.65. The van der Waals surface area contributed by atoms with E-state index in [1.54, 1.807) is 0 Å². The number of H-pyrrole nitrogens is 1. The Morgan fingerprint density at radius 2 is 1.85 bits per heavy atom. The molecular formula is C10H14N4O5S. The van der Waals surface area contributed by atoms with Crippen molar-refractivity contribution in [1.29, 1.82) is 0 Å². The maximum Gasteiger partial charge on any atom is 0.277 e. The third-order valence-electron chi connectivity index (χ3n) is 2.96. The second kappa shape index (κ2) is 5.23. The highest BCUT2D eigenvalue weighted by Crippen LogP contribution is 2.11. The van der Waals surface area contributed by atoms with Crippen molar-refractivity contribution in [2.24, 2.45) is 5.14 Å². The van der Waals surface area contributed by atoms with Crippen molar-refractivity contribution >= 4 is 16.1 Å². The normalized spacial score (nSPS) is 17.1. The number of aromatic nitrogens is 1. The number of hydrogen-bond acceptors (Lipinski definition) is 5. The van der Waals surface area contributed by atoms with Crippen LogP contribution in [0.1, 0.15) is 10.4 Å². The Morgan fingerprint density at radius 1 is 1.25 bits per heavy atom. The minimum atomic E-state index is -3.75. The first-order chi connectivity index (χ1) is 9.27. The van der Waals surface area contributed by atoms with E-state index in [0.29, 0.717) is 0 Å². The number of carbonyl (C=O) groups excluding carboxylic acids is 1. The van der Waals surface area contributed by atoms with Gasteiger partial charge in [0.25, 0.3) is 21.7 Å². The zero-order valence-corrected chi connectivity index (χ0v) is 11.3. The van der Waals surface area contributed by atoms with Crippen LogP contribution in [0, 0.1) is 0 Å². The van der Waals surface area contributed by atoms with E-state index >= 15 is 0 Å². The Bertz CT molecular complexity index is 675. The minimum absolute atomic E-state index is 0.0512. The highest BCUT2D eigenvalue weighted by atomic mass is 32.2. The molecule has 0 radical (unpaired) electrons. The molecule has 0 bridgehead atoms. The third-order valence-corrected chi connectivity index (χ3v) is 4.05. The van der Waals surface area contributed by atoms with Crippen molar-refractivity contribution in [2.75, 3.05) is 26.2 Å². The zero-order chi connectivity index (χ0) is 14.9. The van der Waals surface area contributed by atoms with Crippen molar-refractivity contribution in [2.45, 2.75) is 0 Å². The molecular weight excluding hydrogens is 288 g/mol. The fourth-order valence-electron chi connectivity index (χ4n) is 1.98. The summed E-state index contributed by atoms with van der Waals surface area (Å²) in [6, 6.07) is 2.23. The van der Waals surface area contributed by atoms with Crippen LogP contribution in [0.5, 0.6) is 5.88 Å². The van der Waals surface area contributed by atoms with Gasteiger partial charge < -0.3 is 10.0 Å². The number of nitrogens with one attached hydrogen (secondary N) is 1. The summed E-state index contributed by atoms with van der Waals surface area (Å²) < 4.78 is 23.4. The fraction of sp³-hybridized carbons (Fsp3) is 0.400. The van der Waals surface area contributed by atoms with Crippen LogP contribution in [-0.4, -0.2) is 59.8 Å². The van der Waals surface area contributed by atoms with Crippen LogP contribution in [-0.2, 0) is 10.2 Å². The molecule has 1 aromatic heterocycles. The van der Waals surface area contributed by atoms with Gasteiger partial charge in [0.05, 0.1) is 5.56 Å². The molecule has 20 heavy (non-hydrogen) atoms. The van der Waals surface area contributed by atoms with Crippen LogP contribution in [0.25, 0.3) is 0 Å². The van der Waals surface area contributed by atoms with Crippen LogP contribution in [0.3, 0.4) is 0 Å². The first-order valence-corrected chi connectivity index (χ1v) is 7.28. The number of nitrogens with two attached hydrogens (primary N) is 1. The summed E-state index contributed by atoms with van der Waals surface area (Å²) in [5, 5.41) is 14.3. The van der Waals surface area contributed by atoms with E-state index in [2.05, 4.69) is 4.98 Å². The van der Waals surface area contributed by atoms with Crippen molar-refractivity contribution < 1.29 is 18.3 Å². The first-order valence-electron chi connectivity index (χ1n) is 5.78. The molecule has 1 amide bonds. The largest absolute Gasteiger partial charge is 0.494 e. The molecule has 1 saturated heterocycles. The average Bonchev–Trinajstić information content (AvgIpc) is 2.36. The average molecular weight is 302 g/mol. The van der Waals surface area contributed by atoms with Gasteiger partial charge in [0.15, 0.2) is 5.88 Å². The van der Waals surface area contributed by atoms with E-state index in [4.69, 9.17) is 5.14 Å². The third kappa shape index (κ3) is 3.15. The van der Waals surface area contributed by atoms with Gasteiger partial charge in [0, 0.05) is 38.3 Å². The molecule has 0 aliphatic carbocycles. The van der Waals surface area contributed by atoms with Crippen molar-refractivity contribution in [1.82, 2.24) is 14.2 Å². The molecule has 0 spiro atoms. The second-order valence-corrected chi connectivity index (χ2v) is 5.90. The molecule has 1 aromatic rings. The summed E-state index contributed by atoms with van der Waals surface area (Å²) in [6.45, 7) is 0.533. The van der Waals surface area contributed by atoms with Crippen LogP contribution in [0.4, 0.5) is 0 Å². The van der Waals surface area contributed by atoms with Crippen LogP contribution >= 0.6 is 0 Å². The topological polar surface area (TPSA) is 137 Å². The van der Waals surface area contributed by atoms with Gasteiger partial charge in [-0.3, -0.25) is 14.6 Å². The smallest absolute Gasteiger partial charge is 0.277 e. The Labute approximate surface area is 114 Å². The number of hydrogen-bond donors (Lipinski definition) is 3. The van der Waals surface area contributed by atoms with Crippen molar-refractivity contribution in [3.8, 4) is 5.88 Å². The lowest BCUT2D eigenvalue weighted by molar-refractivity contribution is 0.0697. The molecule has 1 aliphatic heterocycles. The van der Waals surface area contributed by atoms with Gasteiger partial charge in [0.1, 0.15) is 0 Å². The highest BCUT2D eigenvalue weighted by Gasteiger charge is 2.27. The molecule has 2 rings (SSSR count). The molecule has 0 unspecified atom stereocenters. The summed E-state index contributed by atoms with van der Waals surface area (Å²) in [5.41, 5.74) is -0.535. The van der Waals surface area contributed by atoms with Gasteiger partial charge in [-0.05, 0) is 0 Å². The maximum atomic E-state index is 12.1. The van der Waals surface area contributed by atoms with Crippen LogP contribution in [0.2, 0.25) is 0 Å². The quantitative estimate of drug-likeness (QED) is 0.582. The molecule has 0 saturated carbocycles. The highest BCUT2D eigenvalue weighted by molar-refractivity contribution is 7.86. The number of aromatic hydroxyl groups is 1.